The van der Waals surface area contributed by atoms with Crippen molar-refractivity contribution in [2.45, 2.75) is 24.9 Å². The molecule has 0 amide bonds. The molecule has 0 aromatic heterocycles. The number of nitrogens with zero attached hydrogens (tertiary/aromatic N) is 2. The second-order valence-electron chi connectivity index (χ2n) is 5.83. The van der Waals surface area contributed by atoms with Gasteiger partial charge in [0.1, 0.15) is 11.6 Å². The summed E-state index contributed by atoms with van der Waals surface area (Å²) in [4.78, 5) is 4.57. The Kier molecular flexibility index (Phi) is 5.07. The fourth-order valence-corrected chi connectivity index (χ4v) is 2.77. The Labute approximate surface area is 119 Å². The third-order valence-corrected chi connectivity index (χ3v) is 4.04. The molecule has 0 radical (unpaired) electrons. The van der Waals surface area contributed by atoms with Gasteiger partial charge < -0.3 is 15.5 Å². The molecule has 2 rings (SSSR count). The van der Waals surface area contributed by atoms with Gasteiger partial charge in [-0.2, -0.15) is 0 Å². The minimum absolute atomic E-state index is 0.162. The zero-order chi connectivity index (χ0) is 14.7. The molecule has 1 heterocycles. The molecule has 112 valence electrons. The maximum absolute atomic E-state index is 13.6. The summed E-state index contributed by atoms with van der Waals surface area (Å²) in [6.07, 6.45) is 1.16. The number of nitrogens with two attached hydrogens (primary N) is 1. The van der Waals surface area contributed by atoms with Gasteiger partial charge in [-0.1, -0.05) is 0 Å². The molecule has 1 aliphatic heterocycles. The lowest BCUT2D eigenvalue weighted by Crippen LogP contribution is -2.51. The van der Waals surface area contributed by atoms with Crippen LogP contribution < -0.4 is 5.73 Å². The van der Waals surface area contributed by atoms with Crippen molar-refractivity contribution in [2.24, 2.45) is 5.73 Å². The standard InChI is InChI=1S/C15H23F2N3/c1-19-5-6-20(2)14(10-19)9-13(18)8-11-7-12(16)3-4-15(11)17/h3-4,7,13-14H,5-6,8-10,18H2,1-2H3. The van der Waals surface area contributed by atoms with Crippen LogP contribution in [0, 0.1) is 11.6 Å². The first kappa shape index (κ1) is 15.4. The zero-order valence-electron chi connectivity index (χ0n) is 12.1. The largest absolute Gasteiger partial charge is 0.327 e. The molecule has 2 atom stereocenters. The molecule has 0 saturated carbocycles. The molecule has 1 aliphatic rings. The van der Waals surface area contributed by atoms with Gasteiger partial charge in [0.05, 0.1) is 0 Å². The monoisotopic (exact) mass is 283 g/mol. The number of piperazine rings is 1. The highest BCUT2D eigenvalue weighted by atomic mass is 19.1. The highest BCUT2D eigenvalue weighted by Crippen LogP contribution is 2.16. The van der Waals surface area contributed by atoms with Crippen molar-refractivity contribution in [1.82, 2.24) is 9.80 Å². The molecular formula is C15H23F2N3. The van der Waals surface area contributed by atoms with E-state index in [0.717, 1.165) is 38.2 Å². The van der Waals surface area contributed by atoms with Crippen LogP contribution in [0.5, 0.6) is 0 Å². The lowest BCUT2D eigenvalue weighted by molar-refractivity contribution is 0.104. The summed E-state index contributed by atoms with van der Waals surface area (Å²) in [5.41, 5.74) is 6.49. The van der Waals surface area contributed by atoms with Gasteiger partial charge in [-0.3, -0.25) is 0 Å². The van der Waals surface area contributed by atoms with E-state index in [9.17, 15) is 8.78 Å². The Morgan fingerprint density at radius 1 is 1.30 bits per heavy atom. The van der Waals surface area contributed by atoms with Crippen LogP contribution in [0.4, 0.5) is 8.78 Å². The molecule has 3 nitrogen and oxygen atoms in total. The van der Waals surface area contributed by atoms with Crippen molar-refractivity contribution < 1.29 is 8.78 Å². The Balaban J connectivity index is 1.94. The number of halogens is 2. The molecular weight excluding hydrogens is 260 g/mol. The van der Waals surface area contributed by atoms with Crippen LogP contribution in [0.2, 0.25) is 0 Å². The van der Waals surface area contributed by atoms with E-state index < -0.39 is 5.82 Å². The molecule has 0 bridgehead atoms. The lowest BCUT2D eigenvalue weighted by atomic mass is 9.98. The smallest absolute Gasteiger partial charge is 0.126 e. The van der Waals surface area contributed by atoms with Crippen molar-refractivity contribution in [3.05, 3.63) is 35.4 Å². The fourth-order valence-electron chi connectivity index (χ4n) is 2.77. The number of hydrogen-bond donors (Lipinski definition) is 1. The fraction of sp³-hybridized carbons (Fsp3) is 0.600. The molecule has 1 aromatic rings. The van der Waals surface area contributed by atoms with Crippen LogP contribution in [-0.4, -0.2) is 55.6 Å². The maximum Gasteiger partial charge on any atom is 0.126 e. The third-order valence-electron chi connectivity index (χ3n) is 4.04. The molecule has 2 unspecified atom stereocenters. The Bertz CT molecular complexity index is 453. The van der Waals surface area contributed by atoms with Crippen molar-refractivity contribution in [3.63, 3.8) is 0 Å². The van der Waals surface area contributed by atoms with Gasteiger partial charge in [-0.05, 0) is 50.7 Å². The van der Waals surface area contributed by atoms with Crippen LogP contribution in [0.15, 0.2) is 18.2 Å². The molecule has 5 heteroatoms. The number of rotatable bonds is 4. The average Bonchev–Trinajstić information content (AvgIpc) is 2.38. The predicted octanol–water partition coefficient (Wildman–Crippen LogP) is 1.47. The van der Waals surface area contributed by atoms with E-state index in [2.05, 4.69) is 23.9 Å². The van der Waals surface area contributed by atoms with E-state index in [-0.39, 0.29) is 11.9 Å². The highest BCUT2D eigenvalue weighted by Gasteiger charge is 2.24. The molecule has 0 spiro atoms. The minimum atomic E-state index is -0.414. The Hall–Kier alpha value is -1.04. The van der Waals surface area contributed by atoms with E-state index in [1.54, 1.807) is 0 Å². The van der Waals surface area contributed by atoms with Gasteiger partial charge in [0, 0.05) is 31.7 Å². The number of likely N-dealkylation sites (N-methyl/N-ethyl adjacent to an activating group) is 2. The Morgan fingerprint density at radius 3 is 2.80 bits per heavy atom. The molecule has 0 aliphatic carbocycles. The SMILES string of the molecule is CN1CCN(C)C(CC(N)Cc2cc(F)ccc2F)C1. The van der Waals surface area contributed by atoms with Gasteiger partial charge in [0.25, 0.3) is 0 Å². The summed E-state index contributed by atoms with van der Waals surface area (Å²) in [7, 11) is 4.19. The van der Waals surface area contributed by atoms with E-state index in [4.69, 9.17) is 5.73 Å². The number of hydrogen-bond acceptors (Lipinski definition) is 3. The van der Waals surface area contributed by atoms with Gasteiger partial charge in [-0.25, -0.2) is 8.78 Å². The molecule has 1 saturated heterocycles. The van der Waals surface area contributed by atoms with E-state index in [1.807, 2.05) is 0 Å². The van der Waals surface area contributed by atoms with Crippen molar-refractivity contribution in [3.8, 4) is 0 Å². The number of benzene rings is 1. The highest BCUT2D eigenvalue weighted by molar-refractivity contribution is 5.19. The topological polar surface area (TPSA) is 32.5 Å². The normalized spacial score (nSPS) is 22.9. The van der Waals surface area contributed by atoms with Crippen LogP contribution in [0.3, 0.4) is 0 Å². The summed E-state index contributed by atoms with van der Waals surface area (Å²) < 4.78 is 26.8. The first-order valence-corrected chi connectivity index (χ1v) is 7.04. The average molecular weight is 283 g/mol. The van der Waals surface area contributed by atoms with Crippen molar-refractivity contribution in [1.29, 1.82) is 0 Å². The summed E-state index contributed by atoms with van der Waals surface area (Å²) in [5, 5.41) is 0. The van der Waals surface area contributed by atoms with Crippen LogP contribution in [-0.2, 0) is 6.42 Å². The van der Waals surface area contributed by atoms with Crippen molar-refractivity contribution >= 4 is 0 Å². The summed E-state index contributed by atoms with van der Waals surface area (Å²) in [6.45, 7) is 3.04. The first-order chi connectivity index (χ1) is 9.45. The van der Waals surface area contributed by atoms with Gasteiger partial charge in [0.2, 0.25) is 0 Å². The molecule has 20 heavy (non-hydrogen) atoms. The van der Waals surface area contributed by atoms with E-state index in [1.165, 1.54) is 6.07 Å². The zero-order valence-corrected chi connectivity index (χ0v) is 12.1. The predicted molar refractivity (Wildman–Crippen MR) is 76.6 cm³/mol. The second kappa shape index (κ2) is 6.61. The second-order valence-corrected chi connectivity index (χ2v) is 5.83. The first-order valence-electron chi connectivity index (χ1n) is 7.04. The van der Waals surface area contributed by atoms with E-state index in [0.29, 0.717) is 18.0 Å². The van der Waals surface area contributed by atoms with Crippen LogP contribution in [0.1, 0.15) is 12.0 Å². The Morgan fingerprint density at radius 2 is 2.05 bits per heavy atom. The van der Waals surface area contributed by atoms with Crippen LogP contribution >= 0.6 is 0 Å². The van der Waals surface area contributed by atoms with Crippen LogP contribution in [0.25, 0.3) is 0 Å². The molecule has 1 fully saturated rings. The summed E-state index contributed by atoms with van der Waals surface area (Å²) in [6, 6.07) is 3.75. The van der Waals surface area contributed by atoms with Crippen molar-refractivity contribution in [2.75, 3.05) is 33.7 Å². The molecule has 1 aromatic carbocycles. The summed E-state index contributed by atoms with van der Waals surface area (Å²) in [5.74, 6) is -0.793. The third kappa shape index (κ3) is 3.98. The van der Waals surface area contributed by atoms with Gasteiger partial charge in [0.15, 0.2) is 0 Å². The maximum atomic E-state index is 13.6. The van der Waals surface area contributed by atoms with Gasteiger partial charge in [-0.15, -0.1) is 0 Å². The quantitative estimate of drug-likeness (QED) is 0.908. The molecule has 2 N–H and O–H groups in total. The van der Waals surface area contributed by atoms with E-state index >= 15 is 0 Å². The minimum Gasteiger partial charge on any atom is -0.327 e. The summed E-state index contributed by atoms with van der Waals surface area (Å²) >= 11 is 0. The lowest BCUT2D eigenvalue weighted by Gasteiger charge is -2.38. The van der Waals surface area contributed by atoms with Gasteiger partial charge >= 0.3 is 0 Å².